The van der Waals surface area contributed by atoms with E-state index in [2.05, 4.69) is 0 Å². The van der Waals surface area contributed by atoms with Crippen LogP contribution in [-0.4, -0.2) is 0 Å². The van der Waals surface area contributed by atoms with Crippen molar-refractivity contribution in [2.75, 3.05) is 0 Å². The third-order valence-electron chi connectivity index (χ3n) is 11.9. The molecule has 0 amide bonds. The Morgan fingerprint density at radius 2 is 0.811 bits per heavy atom. The molecule has 0 fully saturated rings. The van der Waals surface area contributed by atoms with Crippen molar-refractivity contribution in [1.29, 1.82) is 0 Å². The first-order valence-corrected chi connectivity index (χ1v) is 24.1. The van der Waals surface area contributed by atoms with E-state index in [4.69, 9.17) is 38.4 Å². The summed E-state index contributed by atoms with van der Waals surface area (Å²) in [6, 6.07) is 12.6. The van der Waals surface area contributed by atoms with Crippen LogP contribution in [-0.2, 0) is 33.9 Å². The zero-order chi connectivity index (χ0) is 77.6. The first-order chi connectivity index (χ1) is 46.5. The van der Waals surface area contributed by atoms with Crippen LogP contribution in [0.5, 0.6) is 0 Å². The number of aryl methyl sites for hydroxylation is 10. The van der Waals surface area contributed by atoms with Crippen molar-refractivity contribution in [3.8, 4) is 67.2 Å². The first kappa shape index (κ1) is 28.4. The van der Waals surface area contributed by atoms with E-state index in [-0.39, 0.29) is 50.1 Å². The Morgan fingerprint density at radius 3 is 1.20 bits per heavy atom. The van der Waals surface area contributed by atoms with Crippen molar-refractivity contribution in [2.45, 2.75) is 103 Å². The van der Waals surface area contributed by atoms with Gasteiger partial charge in [0.25, 0.3) is 0 Å². The molecule has 9 rings (SSSR count). The number of hydrogen-bond acceptors (Lipinski definition) is 0. The molecule has 0 aliphatic rings. The van der Waals surface area contributed by atoms with Crippen molar-refractivity contribution < 1.29 is 52.1 Å². The summed E-state index contributed by atoms with van der Waals surface area (Å²) >= 11 is 0. The third kappa shape index (κ3) is 13.7. The second-order valence-corrected chi connectivity index (χ2v) is 20.4. The van der Waals surface area contributed by atoms with Crippen LogP contribution in [0.3, 0.4) is 0 Å². The molecule has 3 heterocycles. The fourth-order valence-corrected chi connectivity index (χ4v) is 8.48. The molecule has 0 N–H and O–H groups in total. The topological polar surface area (TPSA) is 11.6 Å². The normalized spacial score (nSPS) is 17.7. The standard InChI is InChI=1S/C26H32N.C25H30N.C20H20N/c1-18-14-25(27(7)17-22(18)16-26(4,5)6)24-15-23(19(2)13-20(24)3)21-11-9-8-10-12-21;1-18-14-19(2)23(15-22(18)21-10-8-7-9-11-21)24-13-12-20(17-26(24)6)16-25(3,4)5;1-15-13-16(2)19(20-11-7-8-12-21(20)3)14-18(15)17-9-5-4-6-10-17/h8-15,17H,16H2,1-7H3;7-15,17H,16H2,1-6H3;4-14H,1-3H3/q3*+1/i2D3,8D,9D,10D,11D,12D,16D2;1D3,7D,8D,9D,10D,11D,16D2;1D3,4D,5D,6D,9D,10D. The molecule has 0 atom stereocenters. The first-order valence-electron chi connectivity index (χ1n) is 38.1. The highest BCUT2D eigenvalue weighted by Gasteiger charge is 2.22. The molecule has 0 saturated heterocycles. The molecule has 0 bridgehead atoms. The summed E-state index contributed by atoms with van der Waals surface area (Å²) in [7, 11) is 5.40. The van der Waals surface area contributed by atoms with Crippen LogP contribution >= 0.6 is 0 Å². The Labute approximate surface area is 485 Å². The van der Waals surface area contributed by atoms with Crippen LogP contribution in [0.25, 0.3) is 67.2 Å². The number of aromatic nitrogens is 3. The fourth-order valence-electron chi connectivity index (χ4n) is 8.48. The maximum Gasteiger partial charge on any atom is 0.212 e. The van der Waals surface area contributed by atoms with E-state index in [0.29, 0.717) is 50.3 Å². The molecule has 0 aliphatic heterocycles. The summed E-state index contributed by atoms with van der Waals surface area (Å²) in [5.41, 5.74) is 6.01. The van der Waals surface area contributed by atoms with Gasteiger partial charge in [0.2, 0.25) is 17.1 Å². The van der Waals surface area contributed by atoms with Crippen molar-refractivity contribution >= 4 is 0 Å². The lowest BCUT2D eigenvalue weighted by atomic mass is 9.86. The molecule has 3 aromatic heterocycles. The molecular weight excluding hydrogens is 895 g/mol. The molecule has 9 aromatic rings. The van der Waals surface area contributed by atoms with Gasteiger partial charge in [-0.3, -0.25) is 0 Å². The highest BCUT2D eigenvalue weighted by Crippen LogP contribution is 2.35. The smallest absolute Gasteiger partial charge is 0.201 e. The summed E-state index contributed by atoms with van der Waals surface area (Å²) in [6.45, 7) is 10.4. The zero-order valence-corrected chi connectivity index (χ0v) is 44.5. The molecule has 0 spiro atoms. The lowest BCUT2D eigenvalue weighted by Crippen LogP contribution is -2.32. The summed E-state index contributed by atoms with van der Waals surface area (Å²) in [4.78, 5) is 0. The average molecular weight is 1010 g/mol. The van der Waals surface area contributed by atoms with Crippen LogP contribution in [0, 0.1) is 59.1 Å². The van der Waals surface area contributed by atoms with Gasteiger partial charge in [-0.1, -0.05) is 150 Å². The fraction of sp³-hybridized carbons (Fsp3) is 0.282. The highest BCUT2D eigenvalue weighted by molar-refractivity contribution is 5.78. The van der Waals surface area contributed by atoms with Gasteiger partial charge in [-0.25, -0.2) is 13.7 Å². The van der Waals surface area contributed by atoms with E-state index in [9.17, 15) is 0 Å². The van der Waals surface area contributed by atoms with Gasteiger partial charge in [-0.15, -0.1) is 0 Å². The summed E-state index contributed by atoms with van der Waals surface area (Å²) < 4.78 is 234. The number of hydrogen-bond donors (Lipinski definition) is 0. The maximum atomic E-state index is 8.72. The molecule has 6 aromatic carbocycles. The maximum absolute atomic E-state index is 8.72. The summed E-state index contributed by atoms with van der Waals surface area (Å²) in [5, 5.41) is 0. The molecule has 0 unspecified atom stereocenters. The third-order valence-corrected chi connectivity index (χ3v) is 11.9. The van der Waals surface area contributed by atoms with Gasteiger partial charge in [0.15, 0.2) is 18.6 Å². The Morgan fingerprint density at radius 1 is 0.405 bits per heavy atom. The van der Waals surface area contributed by atoms with E-state index in [1.807, 2.05) is 90.5 Å². The van der Waals surface area contributed by atoms with Crippen LogP contribution in [0.1, 0.15) is 130 Å². The van der Waals surface area contributed by atoms with E-state index >= 15 is 0 Å². The van der Waals surface area contributed by atoms with Gasteiger partial charge < -0.3 is 0 Å². The lowest BCUT2D eigenvalue weighted by molar-refractivity contribution is -0.661. The molecule has 0 saturated carbocycles. The Hall–Kier alpha value is -7.23. The summed E-state index contributed by atoms with van der Waals surface area (Å²) in [5.74, 6) is 0. The lowest BCUT2D eigenvalue weighted by Gasteiger charge is -2.19. The second kappa shape index (κ2) is 23.3. The van der Waals surface area contributed by atoms with Gasteiger partial charge in [-0.2, -0.15) is 0 Å². The quantitative estimate of drug-likeness (QED) is 0.134. The molecular formula is C71H82N3+3. The van der Waals surface area contributed by atoms with Crippen molar-refractivity contribution in [3.05, 3.63) is 232 Å². The predicted octanol–water partition coefficient (Wildman–Crippen LogP) is 16.9. The minimum atomic E-state index is -2.59. The largest absolute Gasteiger partial charge is 0.212 e. The molecule has 3 nitrogen and oxygen atoms in total. The number of rotatable bonds is 8. The van der Waals surface area contributed by atoms with E-state index < -0.39 is 135 Å². The highest BCUT2D eigenvalue weighted by atomic mass is 14.9. The van der Waals surface area contributed by atoms with Crippen molar-refractivity contribution in [2.24, 2.45) is 32.0 Å². The Bertz CT molecular complexity index is 4730. The van der Waals surface area contributed by atoms with Gasteiger partial charge in [-0.05, 0) is 174 Å². The molecule has 0 aliphatic carbocycles. The van der Waals surface area contributed by atoms with Gasteiger partial charge in [0, 0.05) is 69.9 Å². The number of nitrogens with zero attached hydrogens (tertiary/aromatic N) is 3. The molecule has 3 heteroatoms. The Balaban J connectivity index is 0.000000216. The van der Waals surface area contributed by atoms with Crippen LogP contribution in [0.15, 0.2) is 182 Å². The average Bonchev–Trinajstić information content (AvgIpc) is 0.751. The van der Waals surface area contributed by atoms with E-state index in [1.165, 1.54) is 18.2 Å². The number of pyridine rings is 3. The van der Waals surface area contributed by atoms with Crippen LogP contribution in [0.2, 0.25) is 0 Å². The monoisotopic (exact) mass is 1000 g/mol. The zero-order valence-electron chi connectivity index (χ0n) is 72.5. The molecule has 74 heavy (non-hydrogen) atoms. The molecule has 378 valence electrons. The van der Waals surface area contributed by atoms with Crippen LogP contribution in [0.4, 0.5) is 0 Å². The van der Waals surface area contributed by atoms with Crippen molar-refractivity contribution in [3.63, 3.8) is 0 Å². The minimum Gasteiger partial charge on any atom is -0.201 e. The van der Waals surface area contributed by atoms with Gasteiger partial charge >= 0.3 is 0 Å². The minimum absolute atomic E-state index is 0.0432. The van der Waals surface area contributed by atoms with Gasteiger partial charge in [0.1, 0.15) is 21.1 Å². The van der Waals surface area contributed by atoms with Crippen LogP contribution < -0.4 is 13.7 Å². The van der Waals surface area contributed by atoms with Crippen molar-refractivity contribution in [1.82, 2.24) is 0 Å². The predicted molar refractivity (Wildman–Crippen MR) is 315 cm³/mol. The van der Waals surface area contributed by atoms with E-state index in [1.54, 1.807) is 86.7 Å². The number of benzene rings is 6. The Kier molecular flexibility index (Phi) is 8.96. The van der Waals surface area contributed by atoms with Gasteiger partial charge in [0.05, 0.1) is 20.6 Å². The van der Waals surface area contributed by atoms with E-state index in [0.717, 1.165) is 16.8 Å². The SMILES string of the molecule is [2H]c1c([2H])c([2H])c(-c2cc(-c3cc(C)c(C([2H])([2H])C(C)(C)C)c[n+]3C)c(C)cc2C([2H])([2H])[2H])c([2H])c1[2H].[2H]c1c([2H])c([2H])c(-c2cc(-c3ccc(C([2H])([2H])C(C)(C)C)c[n+]3C)c(C)cc2C([2H])([2H])[2H])c([2H])c1[2H].[2H]c1c([2H])c([2H])c(-c2cc(-c3cccc[n+]3C)c(C)cc2C([2H])([2H])[2H])c([2H])c1[2H]. The summed E-state index contributed by atoms with van der Waals surface area (Å²) in [6.07, 6.45) is 2.06. The molecule has 0 radical (unpaired) electrons. The second-order valence-electron chi connectivity index (χ2n) is 20.4.